The fourth-order valence-corrected chi connectivity index (χ4v) is 1.78. The number of hydrogen-bond donors (Lipinski definition) is 3. The summed E-state index contributed by atoms with van der Waals surface area (Å²) >= 11 is 0. The number of hydrogen-bond acceptors (Lipinski definition) is 3. The van der Waals surface area contributed by atoms with Gasteiger partial charge in [0.05, 0.1) is 0 Å². The molecule has 6 heteroatoms. The molecule has 0 saturated heterocycles. The lowest BCUT2D eigenvalue weighted by atomic mass is 9.68. The number of nitrogens with one attached hydrogen (secondary N) is 1. The van der Waals surface area contributed by atoms with E-state index in [2.05, 4.69) is 5.32 Å². The molecule has 1 aliphatic carbocycles. The molecule has 0 aromatic heterocycles. The van der Waals surface area contributed by atoms with Crippen molar-refractivity contribution in [2.24, 2.45) is 11.1 Å². The van der Waals surface area contributed by atoms with Gasteiger partial charge in [-0.2, -0.15) is 0 Å². The van der Waals surface area contributed by atoms with Crippen LogP contribution < -0.4 is 11.1 Å². The van der Waals surface area contributed by atoms with Crippen molar-refractivity contribution in [2.75, 3.05) is 0 Å². The van der Waals surface area contributed by atoms with Crippen molar-refractivity contribution in [1.29, 1.82) is 0 Å². The van der Waals surface area contributed by atoms with Crippen molar-refractivity contribution in [3.8, 4) is 0 Å². The molecular formula is C10H16N2O4. The van der Waals surface area contributed by atoms with E-state index in [0.29, 0.717) is 12.8 Å². The van der Waals surface area contributed by atoms with Crippen LogP contribution in [0.4, 0.5) is 0 Å². The molecule has 0 aliphatic heterocycles. The maximum Gasteiger partial charge on any atom is 0.319 e. The summed E-state index contributed by atoms with van der Waals surface area (Å²) in [5.74, 6) is -2.13. The molecule has 0 heterocycles. The number of primary amides is 1. The van der Waals surface area contributed by atoms with E-state index in [9.17, 15) is 14.4 Å². The zero-order valence-corrected chi connectivity index (χ0v) is 9.16. The Morgan fingerprint density at radius 1 is 1.44 bits per heavy atom. The molecule has 0 aromatic carbocycles. The monoisotopic (exact) mass is 228 g/mol. The summed E-state index contributed by atoms with van der Waals surface area (Å²) in [5.41, 5.74) is 3.69. The van der Waals surface area contributed by atoms with Gasteiger partial charge in [0.2, 0.25) is 11.8 Å². The largest absolute Gasteiger partial charge is 0.480 e. The van der Waals surface area contributed by atoms with E-state index in [1.165, 1.54) is 0 Å². The molecule has 1 rings (SSSR count). The van der Waals surface area contributed by atoms with Crippen LogP contribution >= 0.6 is 0 Å². The van der Waals surface area contributed by atoms with Crippen LogP contribution in [0.3, 0.4) is 0 Å². The van der Waals surface area contributed by atoms with Crippen LogP contribution in [0.1, 0.15) is 32.6 Å². The predicted molar refractivity (Wildman–Crippen MR) is 55.3 cm³/mol. The van der Waals surface area contributed by atoms with Crippen molar-refractivity contribution >= 4 is 17.8 Å². The minimum atomic E-state index is -1.29. The Balaban J connectivity index is 2.57. The second-order valence-corrected chi connectivity index (χ2v) is 4.29. The van der Waals surface area contributed by atoms with E-state index >= 15 is 0 Å². The van der Waals surface area contributed by atoms with Gasteiger partial charge < -0.3 is 16.2 Å². The molecule has 16 heavy (non-hydrogen) atoms. The average Bonchev–Trinajstić information content (AvgIpc) is 1.97. The molecule has 4 N–H and O–H groups in total. The van der Waals surface area contributed by atoms with E-state index < -0.39 is 29.2 Å². The first-order chi connectivity index (χ1) is 7.38. The lowest BCUT2D eigenvalue weighted by molar-refractivity contribution is -0.162. The highest BCUT2D eigenvalue weighted by Gasteiger charge is 2.51. The highest BCUT2D eigenvalue weighted by Crippen LogP contribution is 2.41. The van der Waals surface area contributed by atoms with Gasteiger partial charge in [-0.15, -0.1) is 0 Å². The van der Waals surface area contributed by atoms with E-state index in [-0.39, 0.29) is 6.42 Å². The number of rotatable bonds is 5. The summed E-state index contributed by atoms with van der Waals surface area (Å²) in [7, 11) is 0. The molecule has 0 spiro atoms. The Morgan fingerprint density at radius 3 is 2.31 bits per heavy atom. The standard InChI is InChI=1S/C10H16N2O4/c1-6(5-7(11)13)12-8(14)10(9(15)16)3-2-4-10/h6H,2-5H2,1H3,(H2,11,13)(H,12,14)(H,15,16). The lowest BCUT2D eigenvalue weighted by Gasteiger charge is -2.36. The number of carbonyl (C=O) groups excluding carboxylic acids is 2. The first-order valence-corrected chi connectivity index (χ1v) is 5.21. The molecule has 6 nitrogen and oxygen atoms in total. The summed E-state index contributed by atoms with van der Waals surface area (Å²) in [6, 6.07) is -0.429. The third kappa shape index (κ3) is 2.32. The maximum atomic E-state index is 11.7. The topological polar surface area (TPSA) is 109 Å². The molecule has 1 saturated carbocycles. The number of carboxylic acid groups (broad SMARTS) is 1. The number of nitrogens with two attached hydrogens (primary N) is 1. The SMILES string of the molecule is CC(CC(N)=O)NC(=O)C1(C(=O)O)CCC1. The van der Waals surface area contributed by atoms with Gasteiger partial charge >= 0.3 is 5.97 Å². The third-order valence-electron chi connectivity index (χ3n) is 2.94. The molecule has 0 bridgehead atoms. The van der Waals surface area contributed by atoms with Crippen molar-refractivity contribution in [2.45, 2.75) is 38.6 Å². The normalized spacial score (nSPS) is 19.3. The number of amides is 2. The third-order valence-corrected chi connectivity index (χ3v) is 2.94. The summed E-state index contributed by atoms with van der Waals surface area (Å²) in [6.45, 7) is 1.62. The molecule has 2 amide bonds. The first-order valence-electron chi connectivity index (χ1n) is 5.21. The fraction of sp³-hybridized carbons (Fsp3) is 0.700. The minimum absolute atomic E-state index is 0.0153. The van der Waals surface area contributed by atoms with E-state index in [1.807, 2.05) is 0 Å². The fourth-order valence-electron chi connectivity index (χ4n) is 1.78. The Kier molecular flexibility index (Phi) is 3.51. The van der Waals surface area contributed by atoms with Crippen LogP contribution in [0.2, 0.25) is 0 Å². The Bertz CT molecular complexity index is 323. The van der Waals surface area contributed by atoms with Gasteiger partial charge in [-0.05, 0) is 19.8 Å². The summed E-state index contributed by atoms with van der Waals surface area (Å²) in [4.78, 5) is 33.3. The minimum Gasteiger partial charge on any atom is -0.480 e. The molecule has 1 aliphatic rings. The van der Waals surface area contributed by atoms with Crippen LogP contribution in [-0.2, 0) is 14.4 Å². The van der Waals surface area contributed by atoms with Crippen LogP contribution in [0.15, 0.2) is 0 Å². The van der Waals surface area contributed by atoms with Crippen molar-refractivity contribution < 1.29 is 19.5 Å². The summed E-state index contributed by atoms with van der Waals surface area (Å²) < 4.78 is 0. The Labute approximate surface area is 93.2 Å². The van der Waals surface area contributed by atoms with E-state index in [1.54, 1.807) is 6.92 Å². The van der Waals surface area contributed by atoms with Gasteiger partial charge in [-0.3, -0.25) is 14.4 Å². The van der Waals surface area contributed by atoms with Crippen molar-refractivity contribution in [3.05, 3.63) is 0 Å². The smallest absolute Gasteiger partial charge is 0.319 e. The molecule has 1 atom stereocenters. The molecule has 0 aromatic rings. The average molecular weight is 228 g/mol. The van der Waals surface area contributed by atoms with Crippen molar-refractivity contribution in [1.82, 2.24) is 5.32 Å². The van der Waals surface area contributed by atoms with Crippen LogP contribution in [0, 0.1) is 5.41 Å². The molecule has 1 fully saturated rings. The highest BCUT2D eigenvalue weighted by molar-refractivity contribution is 6.03. The zero-order chi connectivity index (χ0) is 12.3. The van der Waals surface area contributed by atoms with E-state index in [4.69, 9.17) is 10.8 Å². The Morgan fingerprint density at radius 2 is 2.00 bits per heavy atom. The molecule has 0 radical (unpaired) electrons. The van der Waals surface area contributed by atoms with Gasteiger partial charge in [-0.1, -0.05) is 6.42 Å². The van der Waals surface area contributed by atoms with Gasteiger partial charge in [0.1, 0.15) is 5.41 Å². The number of carboxylic acids is 1. The number of aliphatic carboxylic acids is 1. The quantitative estimate of drug-likeness (QED) is 0.557. The lowest BCUT2D eigenvalue weighted by Crippen LogP contribution is -2.53. The highest BCUT2D eigenvalue weighted by atomic mass is 16.4. The maximum absolute atomic E-state index is 11.7. The van der Waals surface area contributed by atoms with Crippen molar-refractivity contribution in [3.63, 3.8) is 0 Å². The van der Waals surface area contributed by atoms with E-state index in [0.717, 1.165) is 6.42 Å². The second kappa shape index (κ2) is 4.51. The first kappa shape index (κ1) is 12.5. The molecule has 90 valence electrons. The van der Waals surface area contributed by atoms with Crippen LogP contribution in [-0.4, -0.2) is 28.9 Å². The molecular weight excluding hydrogens is 212 g/mol. The summed E-state index contributed by atoms with van der Waals surface area (Å²) in [6.07, 6.45) is 1.47. The zero-order valence-electron chi connectivity index (χ0n) is 9.16. The molecule has 1 unspecified atom stereocenters. The van der Waals surface area contributed by atoms with Crippen LogP contribution in [0.25, 0.3) is 0 Å². The second-order valence-electron chi connectivity index (χ2n) is 4.29. The van der Waals surface area contributed by atoms with Crippen LogP contribution in [0.5, 0.6) is 0 Å². The van der Waals surface area contributed by atoms with Gasteiger partial charge in [0.15, 0.2) is 0 Å². The van der Waals surface area contributed by atoms with Gasteiger partial charge in [0.25, 0.3) is 0 Å². The van der Waals surface area contributed by atoms with Gasteiger partial charge in [-0.25, -0.2) is 0 Å². The van der Waals surface area contributed by atoms with Gasteiger partial charge in [0, 0.05) is 12.5 Å². The number of carbonyl (C=O) groups is 3. The summed E-state index contributed by atoms with van der Waals surface area (Å²) in [5, 5.41) is 11.5. The Hall–Kier alpha value is -1.59. The predicted octanol–water partition coefficient (Wildman–Crippen LogP) is -0.379.